The lowest BCUT2D eigenvalue weighted by atomic mass is 10.1. The van der Waals surface area contributed by atoms with Crippen molar-refractivity contribution in [3.63, 3.8) is 0 Å². The van der Waals surface area contributed by atoms with Crippen LogP contribution in [0.3, 0.4) is 0 Å². The summed E-state index contributed by atoms with van der Waals surface area (Å²) in [6.45, 7) is 1.82. The zero-order valence-electron chi connectivity index (χ0n) is 17.6. The molecule has 0 radical (unpaired) electrons. The van der Waals surface area contributed by atoms with Crippen LogP contribution < -0.4 is 9.62 Å². The molecule has 0 aliphatic rings. The predicted molar refractivity (Wildman–Crippen MR) is 131 cm³/mol. The minimum atomic E-state index is -3.32. The molecule has 4 rings (SSSR count). The smallest absolute Gasteiger partial charge is 0.269 e. The summed E-state index contributed by atoms with van der Waals surface area (Å²) in [5.41, 5.74) is 3.74. The van der Waals surface area contributed by atoms with Gasteiger partial charge in [-0.25, -0.2) is 18.4 Å². The van der Waals surface area contributed by atoms with E-state index in [4.69, 9.17) is 0 Å². The summed E-state index contributed by atoms with van der Waals surface area (Å²) in [7, 11) is -1.82. The summed E-state index contributed by atoms with van der Waals surface area (Å²) in [6.07, 6.45) is 1.16. The number of aryl methyl sites for hydroxylation is 1. The summed E-state index contributed by atoms with van der Waals surface area (Å²) < 4.78 is 24.6. The van der Waals surface area contributed by atoms with E-state index in [1.54, 1.807) is 24.3 Å². The fourth-order valence-electron chi connectivity index (χ4n) is 2.96. The molecule has 0 saturated carbocycles. The summed E-state index contributed by atoms with van der Waals surface area (Å²) in [5, 5.41) is 5.98. The summed E-state index contributed by atoms with van der Waals surface area (Å²) in [5.74, 6) is -0.242. The van der Waals surface area contributed by atoms with E-state index in [-0.39, 0.29) is 5.91 Å². The Bertz CT molecular complexity index is 1360. The van der Waals surface area contributed by atoms with Gasteiger partial charge in [-0.05, 0) is 19.1 Å². The molecule has 0 unspecified atom stereocenters. The second-order valence-electron chi connectivity index (χ2n) is 7.07. The molecule has 0 atom stereocenters. The molecular formula is C22H20N4O3S3. The number of nitrogens with zero attached hydrogens (tertiary/aromatic N) is 3. The molecule has 0 spiro atoms. The van der Waals surface area contributed by atoms with Gasteiger partial charge in [0.05, 0.1) is 23.3 Å². The highest BCUT2D eigenvalue weighted by Gasteiger charge is 2.18. The molecule has 0 saturated heterocycles. The van der Waals surface area contributed by atoms with Crippen molar-refractivity contribution in [1.82, 2.24) is 9.97 Å². The van der Waals surface area contributed by atoms with Crippen LogP contribution in [-0.4, -0.2) is 37.6 Å². The Morgan fingerprint density at radius 1 is 1.00 bits per heavy atom. The quantitative estimate of drug-likeness (QED) is 0.421. The molecular weight excluding hydrogens is 464 g/mol. The van der Waals surface area contributed by atoms with Crippen LogP contribution in [0.25, 0.3) is 21.8 Å². The highest BCUT2D eigenvalue weighted by molar-refractivity contribution is 7.92. The molecule has 2 aromatic heterocycles. The summed E-state index contributed by atoms with van der Waals surface area (Å²) in [6, 6.07) is 16.8. The third kappa shape index (κ3) is 4.72. The van der Waals surface area contributed by atoms with E-state index >= 15 is 0 Å². The number of nitrogens with one attached hydrogen (secondary N) is 1. The lowest BCUT2D eigenvalue weighted by molar-refractivity contribution is 0.103. The zero-order chi connectivity index (χ0) is 22.9. The maximum atomic E-state index is 12.8. The van der Waals surface area contributed by atoms with Crippen LogP contribution in [0.15, 0.2) is 60.0 Å². The number of carbonyl (C=O) groups is 1. The number of sulfonamides is 1. The van der Waals surface area contributed by atoms with Gasteiger partial charge in [-0.3, -0.25) is 14.4 Å². The van der Waals surface area contributed by atoms with Gasteiger partial charge in [0.15, 0.2) is 5.13 Å². The zero-order valence-corrected chi connectivity index (χ0v) is 20.0. The first-order valence-corrected chi connectivity index (χ1v) is 13.1. The van der Waals surface area contributed by atoms with E-state index in [0.717, 1.165) is 22.4 Å². The molecule has 0 aliphatic heterocycles. The van der Waals surface area contributed by atoms with Crippen molar-refractivity contribution in [2.45, 2.75) is 6.92 Å². The summed E-state index contributed by atoms with van der Waals surface area (Å²) >= 11 is 2.68. The first kappa shape index (κ1) is 22.1. The summed E-state index contributed by atoms with van der Waals surface area (Å²) in [4.78, 5) is 22.4. The fraction of sp³-hybridized carbons (Fsp3) is 0.136. The van der Waals surface area contributed by atoms with Gasteiger partial charge < -0.3 is 0 Å². The van der Waals surface area contributed by atoms with Gasteiger partial charge in [0.2, 0.25) is 10.0 Å². The first-order chi connectivity index (χ1) is 15.2. The Balaban J connectivity index is 1.49. The third-order valence-electron chi connectivity index (χ3n) is 4.77. The predicted octanol–water partition coefficient (Wildman–Crippen LogP) is 4.89. The van der Waals surface area contributed by atoms with Gasteiger partial charge in [0, 0.05) is 23.6 Å². The van der Waals surface area contributed by atoms with Gasteiger partial charge in [-0.2, -0.15) is 0 Å². The number of hydrogen-bond donors (Lipinski definition) is 1. The molecule has 0 aliphatic carbocycles. The van der Waals surface area contributed by atoms with Crippen LogP contribution in [-0.2, 0) is 10.0 Å². The van der Waals surface area contributed by atoms with Gasteiger partial charge in [0.1, 0.15) is 9.88 Å². The monoisotopic (exact) mass is 484 g/mol. The highest BCUT2D eigenvalue weighted by Crippen LogP contribution is 2.30. The van der Waals surface area contributed by atoms with E-state index in [2.05, 4.69) is 15.3 Å². The molecule has 7 nitrogen and oxygen atoms in total. The van der Waals surface area contributed by atoms with Crippen molar-refractivity contribution >= 4 is 49.4 Å². The molecule has 4 aromatic rings. The van der Waals surface area contributed by atoms with Gasteiger partial charge in [-0.15, -0.1) is 22.7 Å². The van der Waals surface area contributed by atoms with Gasteiger partial charge in [-0.1, -0.05) is 42.5 Å². The van der Waals surface area contributed by atoms with Crippen LogP contribution >= 0.6 is 22.7 Å². The second-order valence-corrected chi connectivity index (χ2v) is 10.9. The Morgan fingerprint density at radius 2 is 1.69 bits per heavy atom. The Labute approximate surface area is 194 Å². The average molecular weight is 485 g/mol. The molecule has 2 heterocycles. The number of thiazole rings is 2. The molecule has 2 aromatic carbocycles. The average Bonchev–Trinajstić information content (AvgIpc) is 3.40. The number of anilines is 2. The molecule has 1 N–H and O–H groups in total. The number of hydrogen-bond acceptors (Lipinski definition) is 7. The first-order valence-electron chi connectivity index (χ1n) is 9.56. The molecule has 0 bridgehead atoms. The lowest BCUT2D eigenvalue weighted by Gasteiger charge is -2.16. The van der Waals surface area contributed by atoms with E-state index in [0.29, 0.717) is 27.1 Å². The molecule has 32 heavy (non-hydrogen) atoms. The highest BCUT2D eigenvalue weighted by atomic mass is 32.2. The normalized spacial score (nSPS) is 11.3. The van der Waals surface area contributed by atoms with E-state index in [1.165, 1.54) is 34.0 Å². The maximum absolute atomic E-state index is 12.8. The minimum Gasteiger partial charge on any atom is -0.297 e. The van der Waals surface area contributed by atoms with Gasteiger partial charge >= 0.3 is 0 Å². The van der Waals surface area contributed by atoms with Crippen molar-refractivity contribution in [2.24, 2.45) is 0 Å². The molecule has 1 amide bonds. The Kier molecular flexibility index (Phi) is 6.09. The van der Waals surface area contributed by atoms with Crippen molar-refractivity contribution < 1.29 is 13.2 Å². The Hall–Kier alpha value is -3.08. The lowest BCUT2D eigenvalue weighted by Crippen LogP contribution is -2.24. The number of carbonyl (C=O) groups excluding carboxylic acids is 1. The van der Waals surface area contributed by atoms with E-state index < -0.39 is 10.0 Å². The standard InChI is InChI=1S/C22H20N4O3S3/c1-14-19(31-21(23-14)16-7-5-4-6-8-16)20(27)25-22-24-18(13-30-22)15-9-11-17(12-10-15)26(2)32(3,28)29/h4-13H,1-3H3,(H,24,25,27). The maximum Gasteiger partial charge on any atom is 0.269 e. The van der Waals surface area contributed by atoms with Crippen LogP contribution in [0.4, 0.5) is 10.8 Å². The van der Waals surface area contributed by atoms with Crippen LogP contribution in [0.2, 0.25) is 0 Å². The fourth-order valence-corrected chi connectivity index (χ4v) is 5.15. The SMILES string of the molecule is Cc1nc(-c2ccccc2)sc1C(=O)Nc1nc(-c2ccc(N(C)S(C)(=O)=O)cc2)cs1. The van der Waals surface area contributed by atoms with Crippen molar-refractivity contribution in [2.75, 3.05) is 22.9 Å². The number of aromatic nitrogens is 2. The Morgan fingerprint density at radius 3 is 2.34 bits per heavy atom. The molecule has 0 fully saturated rings. The minimum absolute atomic E-state index is 0.242. The number of benzene rings is 2. The molecule has 164 valence electrons. The number of rotatable bonds is 6. The second kappa shape index (κ2) is 8.81. The van der Waals surface area contributed by atoms with Crippen molar-refractivity contribution in [3.05, 3.63) is 70.5 Å². The van der Waals surface area contributed by atoms with Crippen molar-refractivity contribution in [3.8, 4) is 21.8 Å². The number of amides is 1. The van der Waals surface area contributed by atoms with Gasteiger partial charge in [0.25, 0.3) is 5.91 Å². The van der Waals surface area contributed by atoms with E-state index in [9.17, 15) is 13.2 Å². The van der Waals surface area contributed by atoms with Crippen LogP contribution in [0.1, 0.15) is 15.4 Å². The topological polar surface area (TPSA) is 92.3 Å². The van der Waals surface area contributed by atoms with E-state index in [1.807, 2.05) is 42.6 Å². The molecule has 10 heteroatoms. The third-order valence-corrected chi connectivity index (χ3v) is 7.94. The largest absolute Gasteiger partial charge is 0.297 e. The van der Waals surface area contributed by atoms with Crippen molar-refractivity contribution in [1.29, 1.82) is 0 Å². The van der Waals surface area contributed by atoms with Crippen LogP contribution in [0.5, 0.6) is 0 Å². The van der Waals surface area contributed by atoms with Crippen LogP contribution in [0, 0.1) is 6.92 Å².